The second-order valence-corrected chi connectivity index (χ2v) is 6.26. The second kappa shape index (κ2) is 5.21. The Labute approximate surface area is 120 Å². The number of rotatable bonds is 2. The van der Waals surface area contributed by atoms with Crippen LogP contribution in [0, 0.1) is 12.8 Å². The number of hydrogen-bond donors (Lipinski definition) is 1. The minimum atomic E-state index is -0.670. The normalized spacial score (nSPS) is 24.4. The maximum atomic E-state index is 11.2. The zero-order chi connectivity index (χ0) is 14.2. The third-order valence-electron chi connectivity index (χ3n) is 5.15. The van der Waals surface area contributed by atoms with Crippen LogP contribution < -0.4 is 0 Å². The minimum Gasteiger partial charge on any atom is -0.481 e. The van der Waals surface area contributed by atoms with Crippen LogP contribution in [0.15, 0.2) is 18.2 Å². The predicted molar refractivity (Wildman–Crippen MR) is 77.0 cm³/mol. The maximum Gasteiger partial charge on any atom is 0.303 e. The van der Waals surface area contributed by atoms with E-state index < -0.39 is 5.97 Å². The number of carbonyl (C=O) groups is 1. The lowest BCUT2D eigenvalue weighted by molar-refractivity contribution is -0.139. The molecular formula is C17H22O3. The first-order valence-electron chi connectivity index (χ1n) is 7.51. The Morgan fingerprint density at radius 2 is 2.15 bits per heavy atom. The number of carboxylic acid groups (broad SMARTS) is 1. The number of benzene rings is 1. The highest BCUT2D eigenvalue weighted by molar-refractivity contribution is 5.67. The standard InChI is InChI=1S/C17H22O3/c1-12-2-5-15-13(10-12)3-4-14(11-16(18)19)17(15)6-8-20-9-7-17/h2,5,10,14H,3-4,6-9,11H2,1H3,(H,18,19). The van der Waals surface area contributed by atoms with Gasteiger partial charge in [0.2, 0.25) is 0 Å². The third-order valence-corrected chi connectivity index (χ3v) is 5.15. The van der Waals surface area contributed by atoms with Crippen LogP contribution in [0.5, 0.6) is 0 Å². The molecule has 3 rings (SSSR count). The zero-order valence-corrected chi connectivity index (χ0v) is 12.0. The lowest BCUT2D eigenvalue weighted by Crippen LogP contribution is -2.45. The highest BCUT2D eigenvalue weighted by Gasteiger charge is 2.45. The van der Waals surface area contributed by atoms with Gasteiger partial charge in [0.1, 0.15) is 0 Å². The molecule has 1 heterocycles. The topological polar surface area (TPSA) is 46.5 Å². The van der Waals surface area contributed by atoms with Crippen molar-refractivity contribution in [1.82, 2.24) is 0 Å². The smallest absolute Gasteiger partial charge is 0.303 e. The van der Waals surface area contributed by atoms with E-state index in [1.807, 2.05) is 0 Å². The molecule has 20 heavy (non-hydrogen) atoms. The molecule has 1 aliphatic carbocycles. The van der Waals surface area contributed by atoms with E-state index in [0.29, 0.717) is 0 Å². The molecule has 1 atom stereocenters. The summed E-state index contributed by atoms with van der Waals surface area (Å²) < 4.78 is 5.54. The van der Waals surface area contributed by atoms with E-state index >= 15 is 0 Å². The van der Waals surface area contributed by atoms with Crippen molar-refractivity contribution in [1.29, 1.82) is 0 Å². The van der Waals surface area contributed by atoms with Crippen LogP contribution >= 0.6 is 0 Å². The largest absolute Gasteiger partial charge is 0.481 e. The van der Waals surface area contributed by atoms with Crippen molar-refractivity contribution in [2.45, 2.75) is 44.4 Å². The van der Waals surface area contributed by atoms with Gasteiger partial charge >= 0.3 is 5.97 Å². The Bertz CT molecular complexity index is 515. The Morgan fingerprint density at radius 3 is 2.85 bits per heavy atom. The summed E-state index contributed by atoms with van der Waals surface area (Å²) in [7, 11) is 0. The maximum absolute atomic E-state index is 11.2. The molecule has 1 N–H and O–H groups in total. The lowest BCUT2D eigenvalue weighted by Gasteiger charge is -2.47. The zero-order valence-electron chi connectivity index (χ0n) is 12.0. The molecule has 0 bridgehead atoms. The van der Waals surface area contributed by atoms with Crippen molar-refractivity contribution in [3.8, 4) is 0 Å². The van der Waals surface area contributed by atoms with Crippen molar-refractivity contribution in [3.63, 3.8) is 0 Å². The molecule has 2 aliphatic rings. The van der Waals surface area contributed by atoms with Crippen molar-refractivity contribution in [2.75, 3.05) is 13.2 Å². The predicted octanol–water partition coefficient (Wildman–Crippen LogP) is 3.08. The van der Waals surface area contributed by atoms with E-state index in [0.717, 1.165) is 38.9 Å². The molecule has 0 saturated carbocycles. The van der Waals surface area contributed by atoms with E-state index in [1.54, 1.807) is 0 Å². The van der Waals surface area contributed by atoms with Gasteiger partial charge in [0, 0.05) is 25.0 Å². The van der Waals surface area contributed by atoms with E-state index in [1.165, 1.54) is 16.7 Å². The fourth-order valence-electron chi connectivity index (χ4n) is 4.16. The summed E-state index contributed by atoms with van der Waals surface area (Å²) in [5, 5.41) is 9.24. The number of ether oxygens (including phenoxy) is 1. The first-order valence-corrected chi connectivity index (χ1v) is 7.51. The summed E-state index contributed by atoms with van der Waals surface area (Å²) in [5.41, 5.74) is 4.14. The molecule has 3 heteroatoms. The number of carboxylic acids is 1. The lowest BCUT2D eigenvalue weighted by atomic mass is 9.58. The Kier molecular flexibility index (Phi) is 3.55. The molecule has 1 aromatic rings. The van der Waals surface area contributed by atoms with Gasteiger partial charge in [-0.2, -0.15) is 0 Å². The number of aryl methyl sites for hydroxylation is 2. The average molecular weight is 274 g/mol. The highest BCUT2D eigenvalue weighted by Crippen LogP contribution is 2.49. The molecule has 1 unspecified atom stereocenters. The summed E-state index contributed by atoms with van der Waals surface area (Å²) in [6, 6.07) is 6.69. The molecule has 1 spiro atoms. The quantitative estimate of drug-likeness (QED) is 0.901. The summed E-state index contributed by atoms with van der Waals surface area (Å²) in [4.78, 5) is 11.2. The SMILES string of the molecule is Cc1ccc2c(c1)CCC(CC(=O)O)C21CCOCC1. The van der Waals surface area contributed by atoms with Crippen LogP contribution in [0.3, 0.4) is 0 Å². The van der Waals surface area contributed by atoms with Crippen molar-refractivity contribution < 1.29 is 14.6 Å². The van der Waals surface area contributed by atoms with E-state index in [4.69, 9.17) is 4.74 Å². The molecule has 1 fully saturated rings. The van der Waals surface area contributed by atoms with Gasteiger partial charge in [-0.15, -0.1) is 0 Å². The fraction of sp³-hybridized carbons (Fsp3) is 0.588. The molecule has 3 nitrogen and oxygen atoms in total. The van der Waals surface area contributed by atoms with E-state index in [2.05, 4.69) is 25.1 Å². The number of hydrogen-bond acceptors (Lipinski definition) is 2. The second-order valence-electron chi connectivity index (χ2n) is 6.26. The summed E-state index contributed by atoms with van der Waals surface area (Å²) in [6.07, 6.45) is 4.20. The van der Waals surface area contributed by atoms with Crippen LogP contribution in [-0.2, 0) is 21.4 Å². The highest BCUT2D eigenvalue weighted by atomic mass is 16.5. The average Bonchev–Trinajstić information content (AvgIpc) is 2.43. The monoisotopic (exact) mass is 274 g/mol. The fourth-order valence-corrected chi connectivity index (χ4v) is 4.16. The first-order chi connectivity index (χ1) is 9.62. The van der Waals surface area contributed by atoms with Crippen LogP contribution in [0.25, 0.3) is 0 Å². The summed E-state index contributed by atoms with van der Waals surface area (Å²) >= 11 is 0. The summed E-state index contributed by atoms with van der Waals surface area (Å²) in [5.74, 6) is -0.421. The van der Waals surface area contributed by atoms with Crippen molar-refractivity contribution >= 4 is 5.97 Å². The van der Waals surface area contributed by atoms with Gasteiger partial charge in [0.15, 0.2) is 0 Å². The molecule has 108 valence electrons. The molecule has 1 aliphatic heterocycles. The molecule has 1 aromatic carbocycles. The Balaban J connectivity index is 2.04. The van der Waals surface area contributed by atoms with E-state index in [9.17, 15) is 9.90 Å². The van der Waals surface area contributed by atoms with Gasteiger partial charge in [0.25, 0.3) is 0 Å². The minimum absolute atomic E-state index is 0.0257. The van der Waals surface area contributed by atoms with Gasteiger partial charge < -0.3 is 9.84 Å². The molecule has 0 aromatic heterocycles. The Hall–Kier alpha value is -1.35. The van der Waals surface area contributed by atoms with Gasteiger partial charge in [-0.1, -0.05) is 23.8 Å². The molecule has 0 radical (unpaired) electrons. The molecule has 1 saturated heterocycles. The third kappa shape index (κ3) is 2.24. The van der Waals surface area contributed by atoms with Crippen molar-refractivity contribution in [2.24, 2.45) is 5.92 Å². The van der Waals surface area contributed by atoms with Crippen LogP contribution in [0.4, 0.5) is 0 Å². The van der Waals surface area contributed by atoms with Gasteiger partial charge in [-0.25, -0.2) is 0 Å². The van der Waals surface area contributed by atoms with Crippen LogP contribution in [0.1, 0.15) is 42.4 Å². The molecular weight excluding hydrogens is 252 g/mol. The summed E-state index contributed by atoms with van der Waals surface area (Å²) in [6.45, 7) is 3.63. The van der Waals surface area contributed by atoms with E-state index in [-0.39, 0.29) is 17.8 Å². The molecule has 0 amide bonds. The first kappa shape index (κ1) is 13.6. The van der Waals surface area contributed by atoms with Gasteiger partial charge in [0.05, 0.1) is 0 Å². The van der Waals surface area contributed by atoms with Gasteiger partial charge in [-0.05, 0) is 49.7 Å². The van der Waals surface area contributed by atoms with Crippen LogP contribution in [0.2, 0.25) is 0 Å². The van der Waals surface area contributed by atoms with Crippen LogP contribution in [-0.4, -0.2) is 24.3 Å². The number of fused-ring (bicyclic) bond motifs is 2. The Morgan fingerprint density at radius 1 is 1.40 bits per heavy atom. The number of aliphatic carboxylic acids is 1. The van der Waals surface area contributed by atoms with Gasteiger partial charge in [-0.3, -0.25) is 4.79 Å². The van der Waals surface area contributed by atoms with Crippen molar-refractivity contribution in [3.05, 3.63) is 34.9 Å².